The van der Waals surface area contributed by atoms with Crippen molar-refractivity contribution >= 4 is 40.1 Å². The van der Waals surface area contributed by atoms with E-state index in [-0.39, 0.29) is 11.9 Å². The van der Waals surface area contributed by atoms with Crippen molar-refractivity contribution in [2.24, 2.45) is 0 Å². The molecular formula is C24H17Cl2N3O2. The topological polar surface area (TPSA) is 64.1 Å². The molecule has 1 aliphatic heterocycles. The number of hydrogen-bond donors (Lipinski definition) is 1. The highest BCUT2D eigenvalue weighted by atomic mass is 35.5. The predicted octanol–water partition coefficient (Wildman–Crippen LogP) is 5.86. The Labute approximate surface area is 189 Å². The lowest BCUT2D eigenvalue weighted by Crippen LogP contribution is -2.32. The third kappa shape index (κ3) is 3.82. The average molecular weight is 450 g/mol. The highest BCUT2D eigenvalue weighted by molar-refractivity contribution is 6.43. The minimum atomic E-state index is -0.160. The number of hydrogen-bond acceptors (Lipinski definition) is 4. The second-order valence-corrected chi connectivity index (χ2v) is 8.05. The maximum absolute atomic E-state index is 12.9. The smallest absolute Gasteiger partial charge is 0.251 e. The van der Waals surface area contributed by atoms with Crippen molar-refractivity contribution < 1.29 is 9.53 Å². The summed E-state index contributed by atoms with van der Waals surface area (Å²) in [6.07, 6.45) is 2.36. The van der Waals surface area contributed by atoms with Crippen molar-refractivity contribution in [3.05, 3.63) is 88.0 Å². The standard InChI is InChI=1S/C24H17Cl2N3O2/c25-17-6-3-5-16(23(17)26)21-13-27-20-12-14(8-9-19(20)28-21)24(30)29-18-10-11-31-22-7-2-1-4-15(18)22/h1-9,12-13,18H,10-11H2,(H,29,30). The minimum absolute atomic E-state index is 0.0911. The van der Waals surface area contributed by atoms with Gasteiger partial charge in [0.1, 0.15) is 5.75 Å². The van der Waals surface area contributed by atoms with Crippen molar-refractivity contribution in [1.29, 1.82) is 0 Å². The van der Waals surface area contributed by atoms with E-state index in [2.05, 4.69) is 15.3 Å². The van der Waals surface area contributed by atoms with Crippen molar-refractivity contribution in [3.8, 4) is 17.0 Å². The lowest BCUT2D eigenvalue weighted by Gasteiger charge is -2.26. The summed E-state index contributed by atoms with van der Waals surface area (Å²) in [6.45, 7) is 0.569. The zero-order valence-corrected chi connectivity index (χ0v) is 17.8. The molecule has 154 valence electrons. The van der Waals surface area contributed by atoms with E-state index in [9.17, 15) is 4.79 Å². The maximum Gasteiger partial charge on any atom is 0.251 e. The molecule has 0 spiro atoms. The van der Waals surface area contributed by atoms with Gasteiger partial charge in [-0.2, -0.15) is 0 Å². The van der Waals surface area contributed by atoms with Gasteiger partial charge in [0.25, 0.3) is 5.91 Å². The molecule has 1 N–H and O–H groups in total. The Morgan fingerprint density at radius 2 is 1.90 bits per heavy atom. The molecular weight excluding hydrogens is 433 g/mol. The Morgan fingerprint density at radius 3 is 2.81 bits per heavy atom. The second kappa shape index (κ2) is 8.17. The van der Waals surface area contributed by atoms with Crippen LogP contribution < -0.4 is 10.1 Å². The van der Waals surface area contributed by atoms with E-state index in [4.69, 9.17) is 27.9 Å². The molecule has 0 saturated heterocycles. The van der Waals surface area contributed by atoms with Gasteiger partial charge in [-0.25, -0.2) is 4.98 Å². The number of benzene rings is 3. The highest BCUT2D eigenvalue weighted by Gasteiger charge is 2.23. The van der Waals surface area contributed by atoms with Crippen LogP contribution in [0.5, 0.6) is 5.75 Å². The third-order valence-electron chi connectivity index (χ3n) is 5.30. The Bertz CT molecular complexity index is 1310. The average Bonchev–Trinajstić information content (AvgIpc) is 2.80. The van der Waals surface area contributed by atoms with Crippen LogP contribution in [-0.4, -0.2) is 22.5 Å². The van der Waals surface area contributed by atoms with E-state index in [0.717, 1.165) is 17.7 Å². The van der Waals surface area contributed by atoms with Gasteiger partial charge in [-0.15, -0.1) is 0 Å². The molecule has 0 bridgehead atoms. The van der Waals surface area contributed by atoms with E-state index in [1.165, 1.54) is 0 Å². The molecule has 0 aliphatic carbocycles. The van der Waals surface area contributed by atoms with Crippen LogP contribution in [0, 0.1) is 0 Å². The van der Waals surface area contributed by atoms with E-state index in [1.54, 1.807) is 30.5 Å². The number of nitrogens with zero attached hydrogens (tertiary/aromatic N) is 2. The van der Waals surface area contributed by atoms with Gasteiger partial charge in [0, 0.05) is 23.1 Å². The Hall–Kier alpha value is -3.15. The van der Waals surface area contributed by atoms with Gasteiger partial charge >= 0.3 is 0 Å². The zero-order chi connectivity index (χ0) is 21.4. The summed E-state index contributed by atoms with van der Waals surface area (Å²) in [5, 5.41) is 4.00. The normalized spacial score (nSPS) is 15.2. The number of amides is 1. The number of halogens is 2. The summed E-state index contributed by atoms with van der Waals surface area (Å²) in [5.41, 5.74) is 4.15. The van der Waals surface area contributed by atoms with E-state index in [0.29, 0.717) is 44.5 Å². The molecule has 1 unspecified atom stereocenters. The Kier molecular flexibility index (Phi) is 5.22. The second-order valence-electron chi connectivity index (χ2n) is 7.26. The van der Waals surface area contributed by atoms with Crippen molar-refractivity contribution in [2.45, 2.75) is 12.5 Å². The molecule has 5 nitrogen and oxygen atoms in total. The number of carbonyl (C=O) groups is 1. The summed E-state index contributed by atoms with van der Waals surface area (Å²) >= 11 is 12.4. The lowest BCUT2D eigenvalue weighted by atomic mass is 10.00. The molecule has 1 aliphatic rings. The van der Waals surface area contributed by atoms with Gasteiger partial charge in [-0.1, -0.05) is 53.5 Å². The summed E-state index contributed by atoms with van der Waals surface area (Å²) in [7, 11) is 0. The Balaban J connectivity index is 1.41. The van der Waals surface area contributed by atoms with Crippen molar-refractivity contribution in [2.75, 3.05) is 6.61 Å². The van der Waals surface area contributed by atoms with Crippen molar-refractivity contribution in [3.63, 3.8) is 0 Å². The monoisotopic (exact) mass is 449 g/mol. The molecule has 3 aromatic carbocycles. The fourth-order valence-corrected chi connectivity index (χ4v) is 4.11. The summed E-state index contributed by atoms with van der Waals surface area (Å²) in [4.78, 5) is 22.0. The first kappa shape index (κ1) is 19.8. The van der Waals surface area contributed by atoms with Gasteiger partial charge in [0.15, 0.2) is 0 Å². The number of aromatic nitrogens is 2. The molecule has 2 heterocycles. The molecule has 1 atom stereocenters. The zero-order valence-electron chi connectivity index (χ0n) is 16.3. The number of fused-ring (bicyclic) bond motifs is 2. The molecule has 1 amide bonds. The predicted molar refractivity (Wildman–Crippen MR) is 122 cm³/mol. The summed E-state index contributed by atoms with van der Waals surface area (Å²) < 4.78 is 5.67. The van der Waals surface area contributed by atoms with E-state index < -0.39 is 0 Å². The fraction of sp³-hybridized carbons (Fsp3) is 0.125. The maximum atomic E-state index is 12.9. The number of rotatable bonds is 3. The molecule has 0 fully saturated rings. The summed E-state index contributed by atoms with van der Waals surface area (Å²) in [5.74, 6) is 0.656. The van der Waals surface area contributed by atoms with Crippen LogP contribution >= 0.6 is 23.2 Å². The summed E-state index contributed by atoms with van der Waals surface area (Å²) in [6, 6.07) is 18.4. The molecule has 5 rings (SSSR count). The molecule has 1 aromatic heterocycles. The van der Waals surface area contributed by atoms with Crippen LogP contribution in [0.15, 0.2) is 66.9 Å². The van der Waals surface area contributed by atoms with Gasteiger partial charge < -0.3 is 10.1 Å². The van der Waals surface area contributed by atoms with Gasteiger partial charge in [-0.05, 0) is 30.3 Å². The van der Waals surface area contributed by atoms with Gasteiger partial charge in [0.2, 0.25) is 0 Å². The number of para-hydroxylation sites is 1. The molecule has 31 heavy (non-hydrogen) atoms. The first-order valence-electron chi connectivity index (χ1n) is 9.84. The molecule has 0 radical (unpaired) electrons. The van der Waals surface area contributed by atoms with Crippen LogP contribution in [0.25, 0.3) is 22.3 Å². The number of carbonyl (C=O) groups excluding carboxylic acids is 1. The van der Waals surface area contributed by atoms with E-state index in [1.807, 2.05) is 36.4 Å². The lowest BCUT2D eigenvalue weighted by molar-refractivity contribution is 0.0925. The quantitative estimate of drug-likeness (QED) is 0.425. The molecule has 4 aromatic rings. The first-order valence-corrected chi connectivity index (χ1v) is 10.6. The van der Waals surface area contributed by atoms with Gasteiger partial charge in [-0.3, -0.25) is 9.78 Å². The highest BCUT2D eigenvalue weighted by Crippen LogP contribution is 2.33. The molecule has 0 saturated carbocycles. The third-order valence-corrected chi connectivity index (χ3v) is 6.11. The SMILES string of the molecule is O=C(NC1CCOc2ccccc21)c1ccc2nc(-c3cccc(Cl)c3Cl)cnc2c1. The largest absolute Gasteiger partial charge is 0.493 e. The van der Waals surface area contributed by atoms with Crippen LogP contribution in [0.1, 0.15) is 28.4 Å². The van der Waals surface area contributed by atoms with Crippen LogP contribution in [0.2, 0.25) is 10.0 Å². The first-order chi connectivity index (χ1) is 15.1. The fourth-order valence-electron chi connectivity index (χ4n) is 3.72. The van der Waals surface area contributed by atoms with Crippen LogP contribution in [-0.2, 0) is 0 Å². The van der Waals surface area contributed by atoms with Crippen LogP contribution in [0.4, 0.5) is 0 Å². The van der Waals surface area contributed by atoms with E-state index >= 15 is 0 Å². The number of nitrogens with one attached hydrogen (secondary N) is 1. The van der Waals surface area contributed by atoms with Crippen molar-refractivity contribution in [1.82, 2.24) is 15.3 Å². The number of ether oxygens (including phenoxy) is 1. The minimum Gasteiger partial charge on any atom is -0.493 e. The molecule has 7 heteroatoms. The van der Waals surface area contributed by atoms with Crippen LogP contribution in [0.3, 0.4) is 0 Å². The van der Waals surface area contributed by atoms with Gasteiger partial charge in [0.05, 0.1) is 45.6 Å². The Morgan fingerprint density at radius 1 is 1.03 bits per heavy atom.